The Kier molecular flexibility index (Phi) is 7.73. The molecule has 0 radical (unpaired) electrons. The highest BCUT2D eigenvalue weighted by Crippen LogP contribution is 2.36. The highest BCUT2D eigenvalue weighted by atomic mass is 32.2. The number of H-pyrrole nitrogens is 1. The van der Waals surface area contributed by atoms with Gasteiger partial charge in [0.15, 0.2) is 0 Å². The second-order valence-corrected chi connectivity index (χ2v) is 10.3. The zero-order valence-corrected chi connectivity index (χ0v) is 19.6. The number of hydrogen-bond donors (Lipinski definition) is 1. The van der Waals surface area contributed by atoms with E-state index in [1.165, 1.54) is 24.3 Å². The van der Waals surface area contributed by atoms with Crippen molar-refractivity contribution in [3.05, 3.63) is 48.0 Å². The number of carbonyl (C=O) groups excluding carboxylic acids is 1. The maximum atomic E-state index is 12.6. The van der Waals surface area contributed by atoms with Gasteiger partial charge in [-0.25, -0.2) is 4.79 Å². The summed E-state index contributed by atoms with van der Waals surface area (Å²) >= 11 is -0.185. The van der Waals surface area contributed by atoms with Crippen molar-refractivity contribution >= 4 is 39.7 Å². The molecule has 1 aliphatic heterocycles. The average Bonchev–Trinajstić information content (AvgIpc) is 3.29. The summed E-state index contributed by atoms with van der Waals surface area (Å²) in [6.07, 6.45) is -0.460. The van der Waals surface area contributed by atoms with Crippen LogP contribution in [0.3, 0.4) is 0 Å². The summed E-state index contributed by atoms with van der Waals surface area (Å²) in [4.78, 5) is 16.9. The van der Waals surface area contributed by atoms with Gasteiger partial charge in [0.2, 0.25) is 0 Å². The summed E-state index contributed by atoms with van der Waals surface area (Å²) < 4.78 is 55.1. The zero-order valence-electron chi connectivity index (χ0n) is 18.0. The van der Waals surface area contributed by atoms with E-state index < -0.39 is 22.4 Å². The summed E-state index contributed by atoms with van der Waals surface area (Å²) in [7, 11) is -1.17. The lowest BCUT2D eigenvalue weighted by Crippen LogP contribution is -2.49. The monoisotopic (exact) mass is 513 g/mol. The summed E-state index contributed by atoms with van der Waals surface area (Å²) in [6, 6.07) is 11.1. The number of carbonyl (C=O) groups is 1. The molecule has 0 spiro atoms. The first-order valence-electron chi connectivity index (χ1n) is 10.4. The molecule has 13 heteroatoms. The van der Waals surface area contributed by atoms with Crippen LogP contribution in [0.2, 0.25) is 0 Å². The Labute approximate surface area is 200 Å². The summed E-state index contributed by atoms with van der Waals surface area (Å²) in [5.74, 6) is 0.469. The van der Waals surface area contributed by atoms with E-state index in [2.05, 4.69) is 20.3 Å². The minimum Gasteiger partial charge on any atom is -0.445 e. The van der Waals surface area contributed by atoms with Crippen molar-refractivity contribution < 1.29 is 26.9 Å². The van der Waals surface area contributed by atoms with E-state index in [1.807, 2.05) is 0 Å². The van der Waals surface area contributed by atoms with Crippen LogP contribution in [0, 0.1) is 0 Å². The molecule has 1 aliphatic rings. The number of piperazine rings is 1. The van der Waals surface area contributed by atoms with Gasteiger partial charge in [-0.05, 0) is 47.7 Å². The fraction of sp³-hybridized carbons (Fsp3) is 0.381. The molecule has 34 heavy (non-hydrogen) atoms. The van der Waals surface area contributed by atoms with Crippen molar-refractivity contribution in [3.8, 4) is 0 Å². The minimum absolute atomic E-state index is 0.00907. The molecular weight excluding hydrogens is 491 g/mol. The Morgan fingerprint density at radius 1 is 1.06 bits per heavy atom. The Balaban J connectivity index is 1.17. The van der Waals surface area contributed by atoms with Gasteiger partial charge in [0.25, 0.3) is 0 Å². The highest BCUT2D eigenvalue weighted by Gasteiger charge is 2.29. The maximum Gasteiger partial charge on any atom is 0.446 e. The highest BCUT2D eigenvalue weighted by molar-refractivity contribution is 8.00. The zero-order chi connectivity index (χ0) is 24.1. The number of hydrogen-bond acceptors (Lipinski definition) is 7. The lowest BCUT2D eigenvalue weighted by Gasteiger charge is -2.33. The van der Waals surface area contributed by atoms with Crippen LogP contribution in [0.4, 0.5) is 18.0 Å². The van der Waals surface area contributed by atoms with Gasteiger partial charge in [-0.3, -0.25) is 9.11 Å². The van der Waals surface area contributed by atoms with Gasteiger partial charge in [-0.1, -0.05) is 12.1 Å². The van der Waals surface area contributed by atoms with Crippen LogP contribution in [0.25, 0.3) is 11.0 Å². The molecule has 4 rings (SSSR count). The molecule has 0 saturated carbocycles. The van der Waals surface area contributed by atoms with Crippen LogP contribution < -0.4 is 0 Å². The molecule has 1 amide bonds. The van der Waals surface area contributed by atoms with Gasteiger partial charge in [0, 0.05) is 48.3 Å². The molecule has 3 aromatic rings. The topological polar surface area (TPSA) is 91.4 Å². The van der Waals surface area contributed by atoms with Crippen molar-refractivity contribution in [2.45, 2.75) is 21.9 Å². The van der Waals surface area contributed by atoms with Crippen LogP contribution in [-0.4, -0.2) is 79.5 Å². The molecule has 2 heterocycles. The number of rotatable bonds is 7. The van der Waals surface area contributed by atoms with E-state index in [4.69, 9.17) is 4.74 Å². The Hall–Kier alpha value is -2.64. The van der Waals surface area contributed by atoms with Gasteiger partial charge in [-0.2, -0.15) is 28.6 Å². The molecule has 1 N–H and O–H groups in total. The number of benzene rings is 2. The summed E-state index contributed by atoms with van der Waals surface area (Å²) in [5, 5.41) is 10.5. The van der Waals surface area contributed by atoms with E-state index in [9.17, 15) is 22.2 Å². The van der Waals surface area contributed by atoms with Crippen molar-refractivity contribution in [2.75, 3.05) is 38.5 Å². The molecule has 1 fully saturated rings. The number of thioether (sulfide) groups is 1. The fourth-order valence-electron chi connectivity index (χ4n) is 3.47. The molecule has 1 unspecified atom stereocenters. The third-order valence-electron chi connectivity index (χ3n) is 5.29. The van der Waals surface area contributed by atoms with Crippen LogP contribution in [0.15, 0.2) is 52.3 Å². The SMILES string of the molecule is O=C(OCc1ccc(SC(F)(F)F)cc1)N1CCN(CCS(=O)c2ccc3n[nH]nc3c2)CC1. The quantitative estimate of drug-likeness (QED) is 0.483. The second kappa shape index (κ2) is 10.7. The standard InChI is InChI=1S/C21H22F3N5O3S2/c22-21(23,24)33-16-3-1-15(2-4-16)14-32-20(30)29-9-7-28(8-10-29)11-12-34(31)17-5-6-18-19(13-17)26-27-25-18/h1-6,13H,7-12,14H2,(H,25,26,27). The number of amides is 1. The van der Waals surface area contributed by atoms with Crippen LogP contribution >= 0.6 is 11.8 Å². The molecule has 0 bridgehead atoms. The van der Waals surface area contributed by atoms with Crippen molar-refractivity contribution in [3.63, 3.8) is 0 Å². The lowest BCUT2D eigenvalue weighted by molar-refractivity contribution is -0.0328. The fourth-order valence-corrected chi connectivity index (χ4v) is 5.13. The number of aromatic nitrogens is 3. The number of alkyl halides is 3. The molecule has 2 aromatic carbocycles. The number of fused-ring (bicyclic) bond motifs is 1. The average molecular weight is 514 g/mol. The van der Waals surface area contributed by atoms with E-state index in [0.29, 0.717) is 54.5 Å². The number of nitrogens with one attached hydrogen (secondary N) is 1. The van der Waals surface area contributed by atoms with Gasteiger partial charge in [0.1, 0.15) is 17.6 Å². The predicted octanol–water partition coefficient (Wildman–Crippen LogP) is 3.63. The third kappa shape index (κ3) is 6.70. The first-order valence-corrected chi connectivity index (χ1v) is 12.6. The van der Waals surface area contributed by atoms with E-state index in [-0.39, 0.29) is 23.3 Å². The molecule has 1 atom stereocenters. The number of halogens is 3. The molecule has 182 valence electrons. The van der Waals surface area contributed by atoms with Crippen LogP contribution in [0.1, 0.15) is 5.56 Å². The normalized spacial score (nSPS) is 16.0. The Bertz CT molecular complexity index is 1150. The second-order valence-electron chi connectivity index (χ2n) is 7.60. The molecule has 1 aromatic heterocycles. The number of ether oxygens (including phenoxy) is 1. The Morgan fingerprint density at radius 2 is 1.76 bits per heavy atom. The summed E-state index contributed by atoms with van der Waals surface area (Å²) in [5.41, 5.74) is -2.32. The maximum absolute atomic E-state index is 12.6. The van der Waals surface area contributed by atoms with E-state index in [1.54, 1.807) is 23.1 Å². The first kappa shape index (κ1) is 24.5. The van der Waals surface area contributed by atoms with Crippen LogP contribution in [-0.2, 0) is 22.1 Å². The van der Waals surface area contributed by atoms with Gasteiger partial charge < -0.3 is 9.64 Å². The smallest absolute Gasteiger partial charge is 0.445 e. The number of nitrogens with zero attached hydrogens (tertiary/aromatic N) is 4. The molecule has 8 nitrogen and oxygen atoms in total. The number of aromatic amines is 1. The summed E-state index contributed by atoms with van der Waals surface area (Å²) in [6.45, 7) is 2.87. The first-order chi connectivity index (χ1) is 16.3. The molecule has 0 aliphatic carbocycles. The molecular formula is C21H22F3N5O3S2. The van der Waals surface area contributed by atoms with Crippen molar-refractivity contribution in [2.24, 2.45) is 0 Å². The minimum atomic E-state index is -4.34. The predicted molar refractivity (Wildman–Crippen MR) is 122 cm³/mol. The van der Waals surface area contributed by atoms with E-state index >= 15 is 0 Å². The van der Waals surface area contributed by atoms with Crippen molar-refractivity contribution in [1.29, 1.82) is 0 Å². The van der Waals surface area contributed by atoms with Crippen molar-refractivity contribution in [1.82, 2.24) is 25.2 Å². The van der Waals surface area contributed by atoms with Crippen LogP contribution in [0.5, 0.6) is 0 Å². The molecule has 1 saturated heterocycles. The third-order valence-corrected chi connectivity index (χ3v) is 7.37. The van der Waals surface area contributed by atoms with Gasteiger partial charge in [0.05, 0.1) is 10.8 Å². The van der Waals surface area contributed by atoms with Gasteiger partial charge >= 0.3 is 11.6 Å². The Morgan fingerprint density at radius 3 is 2.47 bits per heavy atom. The largest absolute Gasteiger partial charge is 0.446 e. The lowest BCUT2D eigenvalue weighted by atomic mass is 10.2. The van der Waals surface area contributed by atoms with Gasteiger partial charge in [-0.15, -0.1) is 0 Å². The van der Waals surface area contributed by atoms with E-state index in [0.717, 1.165) is 5.52 Å².